The van der Waals surface area contributed by atoms with Gasteiger partial charge in [0.05, 0.1) is 13.2 Å². The van der Waals surface area contributed by atoms with E-state index in [2.05, 4.69) is 95.8 Å². The van der Waals surface area contributed by atoms with Gasteiger partial charge < -0.3 is 19.3 Å². The van der Waals surface area contributed by atoms with Crippen LogP contribution in [-0.2, 0) is 31.9 Å². The molecule has 0 aliphatic heterocycles. The Kier molecular flexibility index (Phi) is 11.2. The highest BCUT2D eigenvalue weighted by Gasteiger charge is 2.17. The maximum atomic E-state index is 11.9. The van der Waals surface area contributed by atoms with Gasteiger partial charge in [-0.1, -0.05) is 73.8 Å². The van der Waals surface area contributed by atoms with Crippen molar-refractivity contribution >= 4 is 46.1 Å². The zero-order valence-electron chi connectivity index (χ0n) is 27.5. The molecule has 0 saturated heterocycles. The normalized spacial score (nSPS) is 10.5. The lowest BCUT2D eigenvalue weighted by molar-refractivity contribution is -0.139. The minimum Gasteiger partial charge on any atom is -0.462 e. The Labute approximate surface area is 283 Å². The topological polar surface area (TPSA) is 59.1 Å². The molecule has 0 N–H and O–H groups in total. The molecule has 0 unspecified atom stereocenters. The summed E-state index contributed by atoms with van der Waals surface area (Å²) in [6.45, 7) is 11.2. The lowest BCUT2D eigenvalue weighted by atomic mass is 10.1. The smallest absolute Gasteiger partial charge is 0.333 e. The first-order valence-corrected chi connectivity index (χ1v) is 15.9. The Morgan fingerprint density at radius 2 is 0.812 bits per heavy atom. The first-order chi connectivity index (χ1) is 23.3. The third-order valence-electron chi connectivity index (χ3n) is 7.68. The van der Waals surface area contributed by atoms with Gasteiger partial charge in [-0.3, -0.25) is 0 Å². The standard InChI is InChI=1S/C42H40N2O4/c1-31(2)41(45)47-27-25-33-13-11-19-39(29-33)43(35-15-7-5-8-16-35)37-21-23-38(24-22-37)44(36-17-9-6-10-18-36)40-20-12-14-34(30-40)26-28-48-42(46)32(3)4/h5-24,29-30H,1,3,25-28H2,2,4H3. The number of carbonyl (C=O) groups excluding carboxylic acids is 2. The maximum absolute atomic E-state index is 11.9. The molecule has 0 aromatic heterocycles. The van der Waals surface area contributed by atoms with Crippen LogP contribution in [-0.4, -0.2) is 25.2 Å². The van der Waals surface area contributed by atoms with Gasteiger partial charge >= 0.3 is 11.9 Å². The summed E-state index contributed by atoms with van der Waals surface area (Å²) in [5.74, 6) is -0.755. The number of anilines is 6. The van der Waals surface area contributed by atoms with Crippen molar-refractivity contribution < 1.29 is 19.1 Å². The van der Waals surface area contributed by atoms with Crippen molar-refractivity contribution in [1.82, 2.24) is 0 Å². The van der Waals surface area contributed by atoms with Crippen LogP contribution in [0.1, 0.15) is 25.0 Å². The van der Waals surface area contributed by atoms with Crippen LogP contribution in [0, 0.1) is 0 Å². The molecule has 0 fully saturated rings. The van der Waals surface area contributed by atoms with E-state index in [1.54, 1.807) is 13.8 Å². The van der Waals surface area contributed by atoms with Crippen molar-refractivity contribution in [3.05, 3.63) is 169 Å². The Morgan fingerprint density at radius 1 is 0.479 bits per heavy atom. The first kappa shape index (κ1) is 33.5. The molecule has 0 bridgehead atoms. The van der Waals surface area contributed by atoms with Crippen molar-refractivity contribution in [2.24, 2.45) is 0 Å². The summed E-state index contributed by atoms with van der Waals surface area (Å²) in [4.78, 5) is 28.2. The summed E-state index contributed by atoms with van der Waals surface area (Å²) >= 11 is 0. The molecule has 6 heteroatoms. The van der Waals surface area contributed by atoms with Crippen molar-refractivity contribution in [1.29, 1.82) is 0 Å². The zero-order valence-corrected chi connectivity index (χ0v) is 27.5. The summed E-state index contributed by atoms with van der Waals surface area (Å²) in [7, 11) is 0. The van der Waals surface area contributed by atoms with Gasteiger partial charge in [0.15, 0.2) is 0 Å². The molecular weight excluding hydrogens is 596 g/mol. The van der Waals surface area contributed by atoms with Gasteiger partial charge in [-0.25, -0.2) is 9.59 Å². The van der Waals surface area contributed by atoms with E-state index < -0.39 is 0 Å². The number of para-hydroxylation sites is 2. The number of carbonyl (C=O) groups is 2. The van der Waals surface area contributed by atoms with Gasteiger partial charge in [0, 0.05) is 58.1 Å². The molecule has 5 aromatic rings. The summed E-state index contributed by atoms with van der Waals surface area (Å²) in [5.41, 5.74) is 8.94. The van der Waals surface area contributed by atoms with Gasteiger partial charge in [-0.2, -0.15) is 0 Å². The van der Waals surface area contributed by atoms with Gasteiger partial charge in [-0.05, 0) is 97.8 Å². The minimum absolute atomic E-state index is 0.283. The minimum atomic E-state index is -0.377. The predicted molar refractivity (Wildman–Crippen MR) is 195 cm³/mol. The molecule has 0 aliphatic carbocycles. The van der Waals surface area contributed by atoms with Crippen LogP contribution in [0.5, 0.6) is 0 Å². The second-order valence-corrected chi connectivity index (χ2v) is 11.5. The Hall–Kier alpha value is -5.88. The van der Waals surface area contributed by atoms with Crippen LogP contribution < -0.4 is 9.80 Å². The van der Waals surface area contributed by atoms with Crippen LogP contribution in [0.3, 0.4) is 0 Å². The number of rotatable bonds is 14. The second-order valence-electron chi connectivity index (χ2n) is 11.5. The number of benzene rings is 5. The highest BCUT2D eigenvalue weighted by Crippen LogP contribution is 2.39. The number of hydrogen-bond donors (Lipinski definition) is 0. The molecule has 48 heavy (non-hydrogen) atoms. The predicted octanol–water partition coefficient (Wildman–Crippen LogP) is 9.95. The maximum Gasteiger partial charge on any atom is 0.333 e. The fourth-order valence-electron chi connectivity index (χ4n) is 5.27. The Morgan fingerprint density at radius 3 is 1.17 bits per heavy atom. The van der Waals surface area contributed by atoms with E-state index in [9.17, 15) is 9.59 Å². The third-order valence-corrected chi connectivity index (χ3v) is 7.68. The van der Waals surface area contributed by atoms with Gasteiger partial charge in [0.2, 0.25) is 0 Å². The van der Waals surface area contributed by atoms with E-state index in [1.807, 2.05) is 60.7 Å². The summed E-state index contributed by atoms with van der Waals surface area (Å²) in [5, 5.41) is 0. The SMILES string of the molecule is C=C(C)C(=O)OCCc1cccc(N(c2ccccc2)c2ccc(N(c3ccccc3)c3cccc(CCOC(=O)C(=C)C)c3)cc2)c1. The zero-order chi connectivity index (χ0) is 33.9. The largest absolute Gasteiger partial charge is 0.462 e. The molecule has 5 aromatic carbocycles. The highest BCUT2D eigenvalue weighted by atomic mass is 16.5. The van der Waals surface area contributed by atoms with Crippen molar-refractivity contribution in [2.45, 2.75) is 26.7 Å². The number of ether oxygens (including phenoxy) is 2. The summed E-state index contributed by atoms with van der Waals surface area (Å²) in [6.07, 6.45) is 1.19. The number of nitrogens with zero attached hydrogens (tertiary/aromatic N) is 2. The van der Waals surface area contributed by atoms with E-state index >= 15 is 0 Å². The van der Waals surface area contributed by atoms with Gasteiger partial charge in [-0.15, -0.1) is 0 Å². The quantitative estimate of drug-likeness (QED) is 0.0893. The third kappa shape index (κ3) is 8.68. The van der Waals surface area contributed by atoms with Crippen LogP contribution in [0.4, 0.5) is 34.1 Å². The van der Waals surface area contributed by atoms with E-state index in [4.69, 9.17) is 9.47 Å². The average Bonchev–Trinajstić information content (AvgIpc) is 3.10. The van der Waals surface area contributed by atoms with E-state index in [0.29, 0.717) is 24.0 Å². The monoisotopic (exact) mass is 636 g/mol. The first-order valence-electron chi connectivity index (χ1n) is 15.9. The van der Waals surface area contributed by atoms with Crippen molar-refractivity contribution in [2.75, 3.05) is 23.0 Å². The highest BCUT2D eigenvalue weighted by molar-refractivity contribution is 5.87. The molecule has 0 amide bonds. The molecule has 0 saturated carbocycles. The fourth-order valence-corrected chi connectivity index (χ4v) is 5.27. The lowest BCUT2D eigenvalue weighted by Gasteiger charge is -2.28. The molecule has 0 spiro atoms. The fraction of sp³-hybridized carbons (Fsp3) is 0.143. The van der Waals surface area contributed by atoms with E-state index in [0.717, 1.165) is 45.3 Å². The van der Waals surface area contributed by atoms with Crippen LogP contribution in [0.15, 0.2) is 158 Å². The molecule has 6 nitrogen and oxygen atoms in total. The molecule has 0 atom stereocenters. The van der Waals surface area contributed by atoms with Crippen LogP contribution in [0.25, 0.3) is 0 Å². The lowest BCUT2D eigenvalue weighted by Crippen LogP contribution is -2.13. The van der Waals surface area contributed by atoms with Gasteiger partial charge in [0.1, 0.15) is 0 Å². The van der Waals surface area contributed by atoms with E-state index in [-0.39, 0.29) is 25.2 Å². The van der Waals surface area contributed by atoms with Crippen molar-refractivity contribution in [3.63, 3.8) is 0 Å². The van der Waals surface area contributed by atoms with E-state index in [1.165, 1.54) is 0 Å². The molecule has 0 radical (unpaired) electrons. The number of esters is 2. The van der Waals surface area contributed by atoms with Crippen LogP contribution in [0.2, 0.25) is 0 Å². The Bertz CT molecular complexity index is 1730. The number of hydrogen-bond acceptors (Lipinski definition) is 6. The summed E-state index contributed by atoms with van der Waals surface area (Å²) < 4.78 is 10.7. The molecule has 0 aliphatic rings. The Balaban J connectivity index is 1.44. The van der Waals surface area contributed by atoms with Gasteiger partial charge in [0.25, 0.3) is 0 Å². The molecule has 5 rings (SSSR count). The molecule has 0 heterocycles. The van der Waals surface area contributed by atoms with Crippen LogP contribution >= 0.6 is 0 Å². The van der Waals surface area contributed by atoms with Crippen molar-refractivity contribution in [3.8, 4) is 0 Å². The summed E-state index contributed by atoms with van der Waals surface area (Å²) in [6, 6.07) is 45.5. The molecular formula is C42H40N2O4. The average molecular weight is 637 g/mol. The second kappa shape index (κ2) is 16.1. The molecule has 242 valence electrons.